The first-order valence-corrected chi connectivity index (χ1v) is 12.7. The zero-order valence-electron chi connectivity index (χ0n) is 18.0. The fourth-order valence-electron chi connectivity index (χ4n) is 3.30. The van der Waals surface area contributed by atoms with E-state index in [9.17, 15) is 17.8 Å². The summed E-state index contributed by atoms with van der Waals surface area (Å²) in [5.74, 6) is -0.738. The van der Waals surface area contributed by atoms with E-state index in [2.05, 4.69) is 12.2 Å². The van der Waals surface area contributed by atoms with Crippen LogP contribution in [0.25, 0.3) is 0 Å². The highest BCUT2D eigenvalue weighted by molar-refractivity contribution is 7.87. The van der Waals surface area contributed by atoms with E-state index in [0.29, 0.717) is 6.42 Å². The van der Waals surface area contributed by atoms with Gasteiger partial charge in [-0.1, -0.05) is 96.8 Å². The van der Waals surface area contributed by atoms with Crippen molar-refractivity contribution in [1.82, 2.24) is 5.32 Å². The number of carbonyl (C=O) groups is 1. The van der Waals surface area contributed by atoms with Gasteiger partial charge in [0.1, 0.15) is 0 Å². The summed E-state index contributed by atoms with van der Waals surface area (Å²) in [6.45, 7) is 3.71. The third kappa shape index (κ3) is 16.3. The Balaban J connectivity index is 3.69. The first-order valence-electron chi connectivity index (χ1n) is 11.2. The Morgan fingerprint density at radius 3 is 1.57 bits per heavy atom. The first kappa shape index (κ1) is 27.3. The minimum atomic E-state index is -4.42. The Hall–Kier alpha value is -0.660. The molecule has 2 atom stereocenters. The van der Waals surface area contributed by atoms with Gasteiger partial charge < -0.3 is 10.4 Å². The Bertz CT molecular complexity index is 479. The average molecular weight is 422 g/mol. The van der Waals surface area contributed by atoms with E-state index in [1.165, 1.54) is 71.1 Å². The lowest BCUT2D eigenvalue weighted by molar-refractivity contribution is -0.121. The number of carbonyl (C=O) groups excluding carboxylic acids is 1. The zero-order chi connectivity index (χ0) is 21.3. The third-order valence-electron chi connectivity index (χ3n) is 5.04. The van der Waals surface area contributed by atoms with Crippen LogP contribution < -0.4 is 5.32 Å². The highest BCUT2D eigenvalue weighted by atomic mass is 32.2. The van der Waals surface area contributed by atoms with Gasteiger partial charge in [-0.2, -0.15) is 8.42 Å². The second-order valence-corrected chi connectivity index (χ2v) is 9.58. The van der Waals surface area contributed by atoms with Crippen molar-refractivity contribution in [3.05, 3.63) is 0 Å². The van der Waals surface area contributed by atoms with Crippen molar-refractivity contribution in [1.29, 1.82) is 0 Å². The van der Waals surface area contributed by atoms with Crippen molar-refractivity contribution in [2.45, 2.75) is 122 Å². The number of amides is 1. The van der Waals surface area contributed by atoms with Crippen LogP contribution >= 0.6 is 0 Å². The van der Waals surface area contributed by atoms with Gasteiger partial charge in [0, 0.05) is 6.54 Å². The van der Waals surface area contributed by atoms with Crippen LogP contribution in [0.1, 0.15) is 110 Å². The van der Waals surface area contributed by atoms with Gasteiger partial charge in [-0.25, -0.2) is 0 Å². The number of aliphatic hydroxyl groups excluding tert-OH is 1. The number of unbranched alkanes of at least 4 members (excludes halogenated alkanes) is 13. The largest absolute Gasteiger partial charge is 0.392 e. The molecule has 7 heteroatoms. The van der Waals surface area contributed by atoms with Gasteiger partial charge in [0.15, 0.2) is 5.25 Å². The molecule has 0 aliphatic carbocycles. The molecule has 3 N–H and O–H groups in total. The van der Waals surface area contributed by atoms with E-state index in [0.717, 1.165) is 19.3 Å². The van der Waals surface area contributed by atoms with E-state index in [4.69, 9.17) is 5.11 Å². The summed E-state index contributed by atoms with van der Waals surface area (Å²) in [5.41, 5.74) is 0. The molecule has 0 fully saturated rings. The number of rotatable bonds is 19. The molecule has 168 valence electrons. The van der Waals surface area contributed by atoms with Crippen molar-refractivity contribution in [3.8, 4) is 0 Å². The third-order valence-corrected chi connectivity index (χ3v) is 6.21. The van der Waals surface area contributed by atoms with Crippen LogP contribution in [0.5, 0.6) is 0 Å². The van der Waals surface area contributed by atoms with Crippen molar-refractivity contribution in [2.24, 2.45) is 0 Å². The molecule has 0 saturated heterocycles. The quantitative estimate of drug-likeness (QED) is 0.209. The standard InChI is InChI=1S/C21H43NO5S/c1-3-4-5-6-7-8-9-10-11-12-13-14-15-16-17-20(28(25,26)27)21(24)22-18-19(2)23/h19-20,23H,3-18H2,1-2H3,(H,22,24)(H,25,26,27). The van der Waals surface area contributed by atoms with Crippen LogP contribution in [-0.4, -0.2) is 41.9 Å². The van der Waals surface area contributed by atoms with E-state index in [1.807, 2.05) is 0 Å². The molecule has 0 heterocycles. The van der Waals surface area contributed by atoms with Gasteiger partial charge in [0.2, 0.25) is 5.91 Å². The van der Waals surface area contributed by atoms with E-state index in [-0.39, 0.29) is 13.0 Å². The molecule has 2 unspecified atom stereocenters. The summed E-state index contributed by atoms with van der Waals surface area (Å²) in [7, 11) is -4.42. The lowest BCUT2D eigenvalue weighted by Gasteiger charge is -2.15. The summed E-state index contributed by atoms with van der Waals surface area (Å²) < 4.78 is 32.1. The van der Waals surface area contributed by atoms with Crippen LogP contribution in [0.15, 0.2) is 0 Å². The zero-order valence-corrected chi connectivity index (χ0v) is 18.8. The average Bonchev–Trinajstić information content (AvgIpc) is 2.62. The summed E-state index contributed by atoms with van der Waals surface area (Å²) in [6, 6.07) is 0. The topological polar surface area (TPSA) is 104 Å². The molecule has 0 aliphatic rings. The normalized spacial score (nSPS) is 14.0. The maximum Gasteiger partial charge on any atom is 0.276 e. The molecule has 0 aromatic carbocycles. The molecule has 0 aliphatic heterocycles. The van der Waals surface area contributed by atoms with Gasteiger partial charge in [-0.05, 0) is 13.3 Å². The van der Waals surface area contributed by atoms with Crippen molar-refractivity contribution in [2.75, 3.05) is 6.54 Å². The summed E-state index contributed by atoms with van der Waals surface area (Å²) in [4.78, 5) is 11.9. The Morgan fingerprint density at radius 1 is 0.821 bits per heavy atom. The van der Waals surface area contributed by atoms with Crippen molar-refractivity contribution >= 4 is 16.0 Å². The summed E-state index contributed by atoms with van der Waals surface area (Å²) in [5, 5.41) is 10.1. The molecule has 28 heavy (non-hydrogen) atoms. The predicted octanol–water partition coefficient (Wildman–Crippen LogP) is 4.61. The predicted molar refractivity (Wildman–Crippen MR) is 115 cm³/mol. The summed E-state index contributed by atoms with van der Waals surface area (Å²) >= 11 is 0. The van der Waals surface area contributed by atoms with Crippen LogP contribution in [0.4, 0.5) is 0 Å². The molecule has 6 nitrogen and oxygen atoms in total. The molecule has 1 amide bonds. The van der Waals surface area contributed by atoms with Crippen LogP contribution in [0.2, 0.25) is 0 Å². The van der Waals surface area contributed by atoms with Crippen molar-refractivity contribution in [3.63, 3.8) is 0 Å². The van der Waals surface area contributed by atoms with Gasteiger partial charge in [-0.3, -0.25) is 9.35 Å². The molecule has 0 spiro atoms. The minimum absolute atomic E-state index is 0.0242. The maximum absolute atomic E-state index is 11.9. The SMILES string of the molecule is CCCCCCCCCCCCCCCCC(C(=O)NCC(C)O)S(=O)(=O)O. The number of nitrogens with one attached hydrogen (secondary N) is 1. The Kier molecular flexibility index (Phi) is 16.8. The molecule has 0 saturated carbocycles. The van der Waals surface area contributed by atoms with Crippen molar-refractivity contribution < 1.29 is 22.9 Å². The number of hydrogen-bond acceptors (Lipinski definition) is 4. The van der Waals surface area contributed by atoms with Gasteiger partial charge in [-0.15, -0.1) is 0 Å². The first-order chi connectivity index (χ1) is 13.3. The molecular formula is C21H43NO5S. The second kappa shape index (κ2) is 17.2. The number of hydrogen-bond donors (Lipinski definition) is 3. The van der Waals surface area contributed by atoms with Crippen LogP contribution in [0, 0.1) is 0 Å². The molecule has 0 aromatic heterocycles. The van der Waals surface area contributed by atoms with Gasteiger partial charge in [0.25, 0.3) is 10.1 Å². The molecule has 0 bridgehead atoms. The Labute approximate surface area is 172 Å². The second-order valence-electron chi connectivity index (χ2n) is 7.98. The van der Waals surface area contributed by atoms with E-state index >= 15 is 0 Å². The monoisotopic (exact) mass is 421 g/mol. The minimum Gasteiger partial charge on any atom is -0.392 e. The highest BCUT2D eigenvalue weighted by Gasteiger charge is 2.30. The highest BCUT2D eigenvalue weighted by Crippen LogP contribution is 2.15. The van der Waals surface area contributed by atoms with Gasteiger partial charge >= 0.3 is 0 Å². The lowest BCUT2D eigenvalue weighted by Crippen LogP contribution is -2.42. The fraction of sp³-hybridized carbons (Fsp3) is 0.952. The Morgan fingerprint density at radius 2 is 1.21 bits per heavy atom. The van der Waals surface area contributed by atoms with Crippen LogP contribution in [-0.2, 0) is 14.9 Å². The van der Waals surface area contributed by atoms with Gasteiger partial charge in [0.05, 0.1) is 6.10 Å². The molecule has 0 radical (unpaired) electrons. The number of aliphatic hydroxyl groups is 1. The maximum atomic E-state index is 11.9. The fourth-order valence-corrected chi connectivity index (χ4v) is 4.12. The smallest absolute Gasteiger partial charge is 0.276 e. The van der Waals surface area contributed by atoms with E-state index in [1.54, 1.807) is 0 Å². The molecule has 0 rings (SSSR count). The molecular weight excluding hydrogens is 378 g/mol. The summed E-state index contributed by atoms with van der Waals surface area (Å²) in [6.07, 6.45) is 16.1. The van der Waals surface area contributed by atoms with E-state index < -0.39 is 27.4 Å². The lowest BCUT2D eigenvalue weighted by atomic mass is 10.0. The van der Waals surface area contributed by atoms with Crippen LogP contribution in [0.3, 0.4) is 0 Å². The molecule has 0 aromatic rings.